The van der Waals surface area contributed by atoms with Crippen molar-refractivity contribution in [3.05, 3.63) is 0 Å². The Labute approximate surface area is 123 Å². The second kappa shape index (κ2) is 6.52. The van der Waals surface area contributed by atoms with Gasteiger partial charge in [0.1, 0.15) is 0 Å². The van der Waals surface area contributed by atoms with Crippen LogP contribution in [0.1, 0.15) is 44.9 Å². The largest absolute Gasteiger partial charge is 0.392 e. The fraction of sp³-hybridized carbons (Fsp3) is 0.923. The van der Waals surface area contributed by atoms with Gasteiger partial charge in [-0.3, -0.25) is 4.79 Å². The van der Waals surface area contributed by atoms with Crippen molar-refractivity contribution >= 4 is 18.3 Å². The molecule has 0 aromatic carbocycles. The second-order valence-electron chi connectivity index (χ2n) is 5.97. The summed E-state index contributed by atoms with van der Waals surface area (Å²) < 4.78 is 38.7. The van der Waals surface area contributed by atoms with Gasteiger partial charge in [0.2, 0.25) is 5.91 Å². The minimum Gasteiger partial charge on any atom is -0.354 e. The van der Waals surface area contributed by atoms with E-state index in [1.54, 1.807) is 0 Å². The second-order valence-corrected chi connectivity index (χ2v) is 5.97. The molecule has 0 radical (unpaired) electrons. The van der Waals surface area contributed by atoms with Crippen LogP contribution < -0.4 is 11.1 Å². The molecule has 2 unspecified atom stereocenters. The number of carbonyl (C=O) groups excluding carboxylic acids is 1. The highest BCUT2D eigenvalue weighted by molar-refractivity contribution is 5.85. The monoisotopic (exact) mass is 314 g/mol. The first kappa shape index (κ1) is 17.6. The lowest BCUT2D eigenvalue weighted by Crippen LogP contribution is -2.56. The maximum absolute atomic E-state index is 12.9. The van der Waals surface area contributed by atoms with E-state index >= 15 is 0 Å². The lowest BCUT2D eigenvalue weighted by Gasteiger charge is -2.39. The number of halogens is 4. The number of nitrogens with two attached hydrogens (primary N) is 1. The van der Waals surface area contributed by atoms with Crippen LogP contribution in [0.4, 0.5) is 13.2 Å². The maximum atomic E-state index is 12.9. The van der Waals surface area contributed by atoms with E-state index in [0.29, 0.717) is 25.8 Å². The molecule has 20 heavy (non-hydrogen) atoms. The molecule has 0 aromatic rings. The van der Waals surface area contributed by atoms with E-state index in [1.165, 1.54) is 0 Å². The van der Waals surface area contributed by atoms with Gasteiger partial charge in [0.25, 0.3) is 0 Å². The number of alkyl halides is 3. The highest BCUT2D eigenvalue weighted by atomic mass is 35.5. The Morgan fingerprint density at radius 3 is 2.30 bits per heavy atom. The molecular weight excluding hydrogens is 293 g/mol. The summed E-state index contributed by atoms with van der Waals surface area (Å²) in [6, 6.07) is 0. The zero-order chi connectivity index (χ0) is 14.1. The lowest BCUT2D eigenvalue weighted by atomic mass is 9.76. The van der Waals surface area contributed by atoms with Gasteiger partial charge in [-0.25, -0.2) is 0 Å². The molecule has 2 saturated carbocycles. The quantitative estimate of drug-likeness (QED) is 0.841. The summed E-state index contributed by atoms with van der Waals surface area (Å²) in [7, 11) is 0. The van der Waals surface area contributed by atoms with Gasteiger partial charge in [0.05, 0.1) is 5.92 Å². The lowest BCUT2D eigenvalue weighted by molar-refractivity contribution is -0.198. The molecule has 2 aliphatic carbocycles. The van der Waals surface area contributed by atoms with Crippen LogP contribution >= 0.6 is 12.4 Å². The van der Waals surface area contributed by atoms with Crippen LogP contribution in [0.25, 0.3) is 0 Å². The normalized spacial score (nSPS) is 29.0. The van der Waals surface area contributed by atoms with Gasteiger partial charge in [0.15, 0.2) is 0 Å². The van der Waals surface area contributed by atoms with E-state index in [0.717, 1.165) is 19.3 Å². The fourth-order valence-corrected chi connectivity index (χ4v) is 3.04. The van der Waals surface area contributed by atoms with Crippen molar-refractivity contribution in [1.29, 1.82) is 0 Å². The summed E-state index contributed by atoms with van der Waals surface area (Å²) >= 11 is 0. The van der Waals surface area contributed by atoms with Crippen molar-refractivity contribution in [3.63, 3.8) is 0 Å². The molecule has 0 heterocycles. The Morgan fingerprint density at radius 1 is 1.20 bits per heavy atom. The number of amides is 1. The maximum Gasteiger partial charge on any atom is 0.392 e. The number of nitrogens with one attached hydrogen (secondary N) is 1. The van der Waals surface area contributed by atoms with Crippen LogP contribution in [-0.2, 0) is 4.79 Å². The molecule has 0 aromatic heterocycles. The molecule has 0 aliphatic heterocycles. The third kappa shape index (κ3) is 4.01. The van der Waals surface area contributed by atoms with Crippen molar-refractivity contribution in [2.75, 3.05) is 6.54 Å². The smallest absolute Gasteiger partial charge is 0.354 e. The van der Waals surface area contributed by atoms with Gasteiger partial charge < -0.3 is 11.1 Å². The SMILES string of the molecule is Cl.NC1(CNC(=O)C2CCCCC2C(F)(F)F)CCC1. The Hall–Kier alpha value is -0.490. The van der Waals surface area contributed by atoms with Crippen LogP contribution in [0, 0.1) is 11.8 Å². The summed E-state index contributed by atoms with van der Waals surface area (Å²) in [5, 5.41) is 2.63. The predicted octanol–water partition coefficient (Wildman–Crippen LogP) is 2.77. The van der Waals surface area contributed by atoms with Crippen LogP contribution in [0.5, 0.6) is 0 Å². The third-order valence-corrected chi connectivity index (χ3v) is 4.49. The fourth-order valence-electron chi connectivity index (χ4n) is 3.04. The summed E-state index contributed by atoms with van der Waals surface area (Å²) in [5.74, 6) is -2.90. The van der Waals surface area contributed by atoms with E-state index in [9.17, 15) is 18.0 Å². The molecule has 0 bridgehead atoms. The zero-order valence-electron chi connectivity index (χ0n) is 11.3. The predicted molar refractivity (Wildman–Crippen MR) is 72.5 cm³/mol. The highest BCUT2D eigenvalue weighted by Crippen LogP contribution is 2.41. The van der Waals surface area contributed by atoms with Crippen LogP contribution in [0.3, 0.4) is 0 Å². The Kier molecular flexibility index (Phi) is 5.72. The molecule has 2 rings (SSSR count). The molecule has 118 valence electrons. The molecule has 3 N–H and O–H groups in total. The summed E-state index contributed by atoms with van der Waals surface area (Å²) in [6.45, 7) is 0.299. The van der Waals surface area contributed by atoms with E-state index in [-0.39, 0.29) is 18.8 Å². The molecule has 2 aliphatic rings. The zero-order valence-corrected chi connectivity index (χ0v) is 12.2. The first-order valence-electron chi connectivity index (χ1n) is 6.95. The van der Waals surface area contributed by atoms with Gasteiger partial charge in [-0.05, 0) is 32.1 Å². The summed E-state index contributed by atoms with van der Waals surface area (Å²) in [6.07, 6.45) is 0.0533. The molecule has 7 heteroatoms. The van der Waals surface area contributed by atoms with E-state index in [4.69, 9.17) is 5.73 Å². The summed E-state index contributed by atoms with van der Waals surface area (Å²) in [4.78, 5) is 12.0. The first-order chi connectivity index (χ1) is 8.82. The molecule has 2 fully saturated rings. The van der Waals surface area contributed by atoms with E-state index in [1.807, 2.05) is 0 Å². The van der Waals surface area contributed by atoms with E-state index < -0.39 is 29.5 Å². The van der Waals surface area contributed by atoms with Crippen molar-refractivity contribution in [2.24, 2.45) is 17.6 Å². The summed E-state index contributed by atoms with van der Waals surface area (Å²) in [5.41, 5.74) is 5.57. The Bertz CT molecular complexity index is 345. The minimum atomic E-state index is -4.28. The van der Waals surface area contributed by atoms with Gasteiger partial charge >= 0.3 is 6.18 Å². The van der Waals surface area contributed by atoms with Crippen LogP contribution in [0.2, 0.25) is 0 Å². The van der Waals surface area contributed by atoms with Gasteiger partial charge in [0, 0.05) is 18.0 Å². The molecule has 0 saturated heterocycles. The van der Waals surface area contributed by atoms with Gasteiger partial charge in [-0.15, -0.1) is 12.4 Å². The average molecular weight is 315 g/mol. The van der Waals surface area contributed by atoms with Gasteiger partial charge in [-0.1, -0.05) is 12.8 Å². The standard InChI is InChI=1S/C13H21F3N2O.ClH/c14-13(15,16)10-5-2-1-4-9(10)11(19)18-8-12(17)6-3-7-12;/h9-10H,1-8,17H2,(H,18,19);1H. The molecule has 2 atom stereocenters. The van der Waals surface area contributed by atoms with Crippen molar-refractivity contribution in [1.82, 2.24) is 5.32 Å². The van der Waals surface area contributed by atoms with Crippen LogP contribution in [-0.4, -0.2) is 24.2 Å². The van der Waals surface area contributed by atoms with Gasteiger partial charge in [-0.2, -0.15) is 13.2 Å². The number of rotatable bonds is 3. The number of hydrogen-bond acceptors (Lipinski definition) is 2. The van der Waals surface area contributed by atoms with Crippen molar-refractivity contribution in [2.45, 2.75) is 56.7 Å². The Balaban J connectivity index is 0.00000200. The third-order valence-electron chi connectivity index (χ3n) is 4.49. The van der Waals surface area contributed by atoms with Crippen LogP contribution in [0.15, 0.2) is 0 Å². The Morgan fingerprint density at radius 2 is 1.80 bits per heavy atom. The number of carbonyl (C=O) groups is 1. The molecule has 1 amide bonds. The first-order valence-corrected chi connectivity index (χ1v) is 6.95. The average Bonchev–Trinajstić information content (AvgIpc) is 2.32. The molecule has 3 nitrogen and oxygen atoms in total. The molecule has 0 spiro atoms. The van der Waals surface area contributed by atoms with Crippen molar-refractivity contribution in [3.8, 4) is 0 Å². The minimum absolute atomic E-state index is 0. The topological polar surface area (TPSA) is 55.1 Å². The highest BCUT2D eigenvalue weighted by Gasteiger charge is 2.48. The van der Waals surface area contributed by atoms with Crippen molar-refractivity contribution < 1.29 is 18.0 Å². The van der Waals surface area contributed by atoms with E-state index in [2.05, 4.69) is 5.32 Å². The molecular formula is C13H22ClF3N2O. The number of hydrogen-bond donors (Lipinski definition) is 2.